The highest BCUT2D eigenvalue weighted by Gasteiger charge is 2.34. The highest BCUT2D eigenvalue weighted by molar-refractivity contribution is 14.1. The van der Waals surface area contributed by atoms with Crippen molar-refractivity contribution in [1.82, 2.24) is 4.90 Å². The summed E-state index contributed by atoms with van der Waals surface area (Å²) >= 11 is 11.2. The maximum absolute atomic E-state index is 13.1. The second-order valence-corrected chi connectivity index (χ2v) is 11.2. The molecule has 9 heteroatoms. The second-order valence-electron chi connectivity index (χ2n) is 7.16. The summed E-state index contributed by atoms with van der Waals surface area (Å²) in [5.74, 6) is 0.444. The van der Waals surface area contributed by atoms with E-state index in [1.807, 2.05) is 18.2 Å². The lowest BCUT2D eigenvalue weighted by Crippen LogP contribution is -2.35. The number of benzene rings is 2. The molecule has 1 atom stereocenters. The van der Waals surface area contributed by atoms with Crippen LogP contribution in [0.4, 0.5) is 4.39 Å². The van der Waals surface area contributed by atoms with Crippen LogP contribution in [-0.4, -0.2) is 34.4 Å². The predicted octanol–water partition coefficient (Wildman–Crippen LogP) is 5.99. The van der Waals surface area contributed by atoms with Gasteiger partial charge in [-0.1, -0.05) is 36.1 Å². The molecule has 0 spiro atoms. The third-order valence-electron chi connectivity index (χ3n) is 4.90. The van der Waals surface area contributed by atoms with E-state index in [0.29, 0.717) is 22.4 Å². The van der Waals surface area contributed by atoms with Crippen LogP contribution in [0.1, 0.15) is 24.0 Å². The summed E-state index contributed by atoms with van der Waals surface area (Å²) in [6, 6.07) is 10.2. The Morgan fingerprint density at radius 2 is 1.97 bits per heavy atom. The summed E-state index contributed by atoms with van der Waals surface area (Å²) < 4.78 is 27.2. The van der Waals surface area contributed by atoms with E-state index < -0.39 is 0 Å². The molecule has 0 radical (unpaired) electrons. The number of hydrogen-bond acceptors (Lipinski definition) is 5. The Labute approximate surface area is 217 Å². The fourth-order valence-corrected chi connectivity index (χ4v) is 6.74. The van der Waals surface area contributed by atoms with Gasteiger partial charge in [0.15, 0.2) is 0 Å². The number of amides is 1. The molecule has 2 saturated heterocycles. The maximum atomic E-state index is 13.1. The van der Waals surface area contributed by atoms with Crippen LogP contribution >= 0.6 is 69.2 Å². The fourth-order valence-electron chi connectivity index (χ4n) is 3.34. The van der Waals surface area contributed by atoms with E-state index in [-0.39, 0.29) is 17.8 Å². The van der Waals surface area contributed by atoms with E-state index in [4.69, 9.17) is 21.7 Å². The molecule has 2 aliphatic rings. The van der Waals surface area contributed by atoms with Crippen molar-refractivity contribution < 1.29 is 18.7 Å². The summed E-state index contributed by atoms with van der Waals surface area (Å²) in [7, 11) is 0. The van der Waals surface area contributed by atoms with Crippen LogP contribution in [-0.2, 0) is 16.1 Å². The minimum atomic E-state index is -0.265. The molecule has 4 rings (SSSR count). The summed E-state index contributed by atoms with van der Waals surface area (Å²) in [5, 5.41) is 0. The normalized spacial score (nSPS) is 20.2. The lowest BCUT2D eigenvalue weighted by atomic mass is 10.2. The number of nitrogens with zero attached hydrogens (tertiary/aromatic N) is 1. The molecule has 31 heavy (non-hydrogen) atoms. The van der Waals surface area contributed by atoms with Gasteiger partial charge in [-0.25, -0.2) is 4.39 Å². The number of halogens is 3. The molecule has 0 unspecified atom stereocenters. The summed E-state index contributed by atoms with van der Waals surface area (Å²) in [5.41, 5.74) is 1.81. The zero-order chi connectivity index (χ0) is 22.0. The van der Waals surface area contributed by atoms with Gasteiger partial charge >= 0.3 is 0 Å². The van der Waals surface area contributed by atoms with Crippen molar-refractivity contribution in [2.24, 2.45) is 0 Å². The van der Waals surface area contributed by atoms with Gasteiger partial charge in [0, 0.05) is 6.61 Å². The molecule has 2 aromatic carbocycles. The van der Waals surface area contributed by atoms with Gasteiger partial charge in [-0.2, -0.15) is 0 Å². The Kier molecular flexibility index (Phi) is 7.89. The zero-order valence-corrected chi connectivity index (χ0v) is 22.2. The highest BCUT2D eigenvalue weighted by atomic mass is 127. The van der Waals surface area contributed by atoms with Gasteiger partial charge in [0.2, 0.25) is 0 Å². The first kappa shape index (κ1) is 23.4. The lowest BCUT2D eigenvalue weighted by molar-refractivity contribution is -0.123. The lowest BCUT2D eigenvalue weighted by Gasteiger charge is -2.18. The Bertz CT molecular complexity index is 1020. The van der Waals surface area contributed by atoms with Crippen LogP contribution in [0, 0.1) is 13.0 Å². The third-order valence-corrected chi connectivity index (χ3v) is 7.88. The molecule has 2 fully saturated rings. The molecule has 2 aromatic rings. The van der Waals surface area contributed by atoms with Crippen LogP contribution in [0.5, 0.6) is 5.75 Å². The fraction of sp³-hybridized carbons (Fsp3) is 0.273. The minimum absolute atomic E-state index is 0.0628. The van der Waals surface area contributed by atoms with Gasteiger partial charge in [0.1, 0.15) is 22.5 Å². The molecule has 2 heterocycles. The van der Waals surface area contributed by atoms with E-state index in [9.17, 15) is 9.18 Å². The SMILES string of the molecule is O=C1/C(=C/c2cc(I)c(OCc3ccc(F)cc3)c(I)c2)SC(=S)N1C[C@@H]1CCCO1. The summed E-state index contributed by atoms with van der Waals surface area (Å²) in [4.78, 5) is 15.1. The van der Waals surface area contributed by atoms with Crippen molar-refractivity contribution in [3.8, 4) is 5.75 Å². The van der Waals surface area contributed by atoms with Gasteiger partial charge in [-0.05, 0) is 99.5 Å². The largest absolute Gasteiger partial charge is 0.487 e. The molecule has 0 aromatic heterocycles. The van der Waals surface area contributed by atoms with Crippen LogP contribution < -0.4 is 4.74 Å². The number of carbonyl (C=O) groups excluding carboxylic acids is 1. The van der Waals surface area contributed by atoms with Crippen molar-refractivity contribution in [3.05, 3.63) is 65.4 Å². The quantitative estimate of drug-likeness (QED) is 0.213. The van der Waals surface area contributed by atoms with Gasteiger partial charge < -0.3 is 9.47 Å². The zero-order valence-electron chi connectivity index (χ0n) is 16.3. The Hall–Kier alpha value is -0.760. The molecule has 1 amide bonds. The highest BCUT2D eigenvalue weighted by Crippen LogP contribution is 2.35. The average molecular weight is 681 g/mol. The monoisotopic (exact) mass is 681 g/mol. The second kappa shape index (κ2) is 10.4. The van der Waals surface area contributed by atoms with Crippen molar-refractivity contribution in [1.29, 1.82) is 0 Å². The van der Waals surface area contributed by atoms with Crippen LogP contribution in [0.2, 0.25) is 0 Å². The van der Waals surface area contributed by atoms with Gasteiger partial charge in [-0.15, -0.1) is 0 Å². The molecular formula is C22H18FI2NO3S2. The molecular weight excluding hydrogens is 663 g/mol. The van der Waals surface area contributed by atoms with E-state index in [0.717, 1.165) is 43.5 Å². The van der Waals surface area contributed by atoms with E-state index in [2.05, 4.69) is 45.2 Å². The molecule has 2 aliphatic heterocycles. The van der Waals surface area contributed by atoms with Crippen molar-refractivity contribution in [2.75, 3.05) is 13.2 Å². The van der Waals surface area contributed by atoms with Crippen molar-refractivity contribution >= 4 is 85.5 Å². The molecule has 0 aliphatic carbocycles. The van der Waals surface area contributed by atoms with Crippen LogP contribution in [0.25, 0.3) is 6.08 Å². The smallest absolute Gasteiger partial charge is 0.266 e. The number of carbonyl (C=O) groups is 1. The first-order valence-electron chi connectivity index (χ1n) is 9.64. The van der Waals surface area contributed by atoms with E-state index in [1.165, 1.54) is 23.9 Å². The molecule has 0 bridgehead atoms. The predicted molar refractivity (Wildman–Crippen MR) is 141 cm³/mol. The van der Waals surface area contributed by atoms with Crippen molar-refractivity contribution in [2.45, 2.75) is 25.6 Å². The summed E-state index contributed by atoms with van der Waals surface area (Å²) in [6.07, 6.45) is 3.94. The number of hydrogen-bond donors (Lipinski definition) is 0. The first-order chi connectivity index (χ1) is 14.9. The van der Waals surface area contributed by atoms with E-state index in [1.54, 1.807) is 17.0 Å². The van der Waals surface area contributed by atoms with E-state index >= 15 is 0 Å². The molecule has 0 saturated carbocycles. The topological polar surface area (TPSA) is 38.8 Å². The third kappa shape index (κ3) is 5.79. The van der Waals surface area contributed by atoms with Gasteiger partial charge in [0.25, 0.3) is 5.91 Å². The Balaban J connectivity index is 1.47. The van der Waals surface area contributed by atoms with Crippen LogP contribution in [0.15, 0.2) is 41.3 Å². The van der Waals surface area contributed by atoms with Crippen LogP contribution in [0.3, 0.4) is 0 Å². The number of thiocarbonyl (C=S) groups is 1. The Morgan fingerprint density at radius 3 is 2.61 bits per heavy atom. The summed E-state index contributed by atoms with van der Waals surface area (Å²) in [6.45, 7) is 1.63. The molecule has 162 valence electrons. The van der Waals surface area contributed by atoms with Gasteiger partial charge in [-0.3, -0.25) is 9.69 Å². The first-order valence-corrected chi connectivity index (χ1v) is 13.0. The standard InChI is InChI=1S/C22H18FI2NO3S2/c23-15-5-3-13(4-6-15)12-29-20-17(24)8-14(9-18(20)25)10-19-21(27)26(22(30)31-19)11-16-2-1-7-28-16/h3-6,8-10,16H,1-2,7,11-12H2/b19-10-/t16-/m0/s1. The maximum Gasteiger partial charge on any atom is 0.266 e. The number of ether oxygens (including phenoxy) is 2. The molecule has 0 N–H and O–H groups in total. The van der Waals surface area contributed by atoms with Crippen molar-refractivity contribution in [3.63, 3.8) is 0 Å². The van der Waals surface area contributed by atoms with Gasteiger partial charge in [0.05, 0.1) is 24.7 Å². The minimum Gasteiger partial charge on any atom is -0.487 e. The average Bonchev–Trinajstić information content (AvgIpc) is 3.33. The number of thioether (sulfide) groups is 1. The Morgan fingerprint density at radius 1 is 1.26 bits per heavy atom. The number of rotatable bonds is 6. The molecule has 4 nitrogen and oxygen atoms in total.